The van der Waals surface area contributed by atoms with Crippen LogP contribution in [0.2, 0.25) is 0 Å². The van der Waals surface area contributed by atoms with Gasteiger partial charge < -0.3 is 19.5 Å². The van der Waals surface area contributed by atoms with Gasteiger partial charge in [0, 0.05) is 70.6 Å². The highest BCUT2D eigenvalue weighted by Crippen LogP contribution is 2.47. The molecule has 0 saturated carbocycles. The van der Waals surface area contributed by atoms with Crippen LogP contribution >= 0.6 is 0 Å². The standard InChI is InChI=1S/C62H68N8O3/c1-5-39(6-2)42-21-27-66-54(33-42)59(48-22-28-63-51-18-12-9-15-45(48)51)73-62-67-57(71-60(49-23-29-64-52-19-13-10-16-46(49)52)55-34-43-25-31-69(55)37-40(43)7-3)36-58(68-62)72-61(50-24-30-65-53-20-14-11-17-47(50)53)56-35-44-26-32-70(56)38-41(44)8-4/h5,7-20,22-24,28-30,36,39-44,54-56,59-61,66H,1,3-4,6,21,25-27,31-35,37-38H2,2H3/t39-,40-,41+,42?,43?,44?,54?,55-,56?,59?,60+,61+/m1/s1. The Balaban J connectivity index is 1.01. The van der Waals surface area contributed by atoms with E-state index < -0.39 is 18.3 Å². The number of aromatic nitrogens is 5. The van der Waals surface area contributed by atoms with Crippen molar-refractivity contribution < 1.29 is 14.2 Å². The summed E-state index contributed by atoms with van der Waals surface area (Å²) in [5.74, 6) is 3.56. The lowest BCUT2D eigenvalue weighted by Crippen LogP contribution is -2.55. The normalized spacial score (nSPS) is 28.2. The quantitative estimate of drug-likeness (QED) is 0.0881. The Morgan fingerprint density at radius 2 is 1.08 bits per heavy atom. The molecule has 374 valence electrons. The van der Waals surface area contributed by atoms with Gasteiger partial charge in [-0.25, -0.2) is 0 Å². The first-order valence-electron chi connectivity index (χ1n) is 27.0. The van der Waals surface area contributed by atoms with Gasteiger partial charge in [-0.1, -0.05) is 79.7 Å². The molecule has 14 rings (SSSR count). The summed E-state index contributed by atoms with van der Waals surface area (Å²) in [7, 11) is 0. The maximum atomic E-state index is 7.54. The average Bonchev–Trinajstić information content (AvgIpc) is 3.45. The van der Waals surface area contributed by atoms with Gasteiger partial charge in [0.25, 0.3) is 0 Å². The zero-order chi connectivity index (χ0) is 49.4. The first kappa shape index (κ1) is 47.5. The number of hydrogen-bond donors (Lipinski definition) is 1. The SMILES string of the molecule is C=C[C@H](CC)C1CCNC(C(Oc2nc(O[C@@H](c3ccnc4ccccc34)C3CC4CCN3C[C@@H]4C=C)cc(O[C@@H](c3ccnc4ccccc34)[C@H]3CC4CCN3C[C@H]4C=C)n2)c2ccnc3ccccc23)C1. The highest BCUT2D eigenvalue weighted by molar-refractivity contribution is 5.84. The van der Waals surface area contributed by atoms with Crippen LogP contribution < -0.4 is 19.5 Å². The molecule has 7 saturated heterocycles. The summed E-state index contributed by atoms with van der Waals surface area (Å²) < 4.78 is 22.5. The minimum atomic E-state index is -0.479. The monoisotopic (exact) mass is 973 g/mol. The number of hydrogen-bond acceptors (Lipinski definition) is 11. The van der Waals surface area contributed by atoms with E-state index in [0.29, 0.717) is 47.3 Å². The molecule has 3 aromatic carbocycles. The largest absolute Gasteiger partial charge is 0.467 e. The molecule has 8 unspecified atom stereocenters. The molecule has 11 heterocycles. The smallest absolute Gasteiger partial charge is 0.323 e. The Bertz CT molecular complexity index is 2970. The van der Waals surface area contributed by atoms with Crippen molar-refractivity contribution in [2.75, 3.05) is 32.7 Å². The summed E-state index contributed by atoms with van der Waals surface area (Å²) in [5.41, 5.74) is 5.96. The van der Waals surface area contributed by atoms with Gasteiger partial charge in [0.15, 0.2) is 0 Å². The number of piperidine rings is 7. The fraction of sp³-hybridized carbons (Fsp3) is 0.403. The number of allylic oxidation sites excluding steroid dienone is 1. The third-order valence-corrected chi connectivity index (χ3v) is 17.6. The van der Waals surface area contributed by atoms with Crippen molar-refractivity contribution in [1.29, 1.82) is 0 Å². The molecule has 11 heteroatoms. The summed E-state index contributed by atoms with van der Waals surface area (Å²) in [6, 6.07) is 33.7. The minimum absolute atomic E-state index is 0.0604. The predicted octanol–water partition coefficient (Wildman–Crippen LogP) is 11.9. The van der Waals surface area contributed by atoms with E-state index in [1.54, 1.807) is 0 Å². The Labute approximate surface area is 429 Å². The van der Waals surface area contributed by atoms with E-state index in [1.165, 1.54) is 0 Å². The lowest BCUT2D eigenvalue weighted by molar-refractivity contribution is -0.0397. The Kier molecular flexibility index (Phi) is 13.5. The maximum absolute atomic E-state index is 7.54. The molecule has 0 amide bonds. The molecule has 4 aromatic heterocycles. The van der Waals surface area contributed by atoms with Gasteiger partial charge in [-0.2, -0.15) is 9.97 Å². The van der Waals surface area contributed by atoms with Crippen LogP contribution in [0.4, 0.5) is 0 Å². The second-order valence-corrected chi connectivity index (χ2v) is 21.3. The van der Waals surface area contributed by atoms with Crippen LogP contribution in [-0.2, 0) is 0 Å². The van der Waals surface area contributed by atoms with Crippen molar-refractivity contribution in [3.63, 3.8) is 0 Å². The third kappa shape index (κ3) is 9.29. The molecular weight excluding hydrogens is 905 g/mol. The second-order valence-electron chi connectivity index (χ2n) is 21.3. The van der Waals surface area contributed by atoms with Gasteiger partial charge in [0.2, 0.25) is 11.8 Å². The van der Waals surface area contributed by atoms with Crippen molar-refractivity contribution in [2.24, 2.45) is 35.5 Å². The van der Waals surface area contributed by atoms with Crippen LogP contribution in [0, 0.1) is 35.5 Å². The summed E-state index contributed by atoms with van der Waals surface area (Å²) >= 11 is 0. The molecule has 11 nitrogen and oxygen atoms in total. The second kappa shape index (κ2) is 20.8. The van der Waals surface area contributed by atoms with Crippen molar-refractivity contribution in [1.82, 2.24) is 40.0 Å². The molecule has 73 heavy (non-hydrogen) atoms. The Hall–Kier alpha value is -6.53. The highest BCUT2D eigenvalue weighted by atomic mass is 16.5. The topological polar surface area (TPSA) is 111 Å². The lowest BCUT2D eigenvalue weighted by Gasteiger charge is -2.51. The molecule has 7 aromatic rings. The van der Waals surface area contributed by atoms with E-state index in [2.05, 4.69) is 133 Å². The van der Waals surface area contributed by atoms with Gasteiger partial charge in [0.05, 0.1) is 34.7 Å². The van der Waals surface area contributed by atoms with Crippen molar-refractivity contribution in [3.05, 3.63) is 170 Å². The van der Waals surface area contributed by atoms with Gasteiger partial charge in [-0.15, -0.1) is 19.7 Å². The van der Waals surface area contributed by atoms with E-state index >= 15 is 0 Å². The van der Waals surface area contributed by atoms with Crippen molar-refractivity contribution in [2.45, 2.75) is 88.3 Å². The third-order valence-electron chi connectivity index (χ3n) is 17.6. The number of para-hydroxylation sites is 3. The maximum Gasteiger partial charge on any atom is 0.323 e. The van der Waals surface area contributed by atoms with Crippen LogP contribution in [0.1, 0.15) is 86.9 Å². The molecule has 14 atom stereocenters. The molecule has 0 spiro atoms. The van der Waals surface area contributed by atoms with Crippen molar-refractivity contribution >= 4 is 32.7 Å². The van der Waals surface area contributed by atoms with Crippen LogP contribution in [0.15, 0.2) is 154 Å². The highest BCUT2D eigenvalue weighted by Gasteiger charge is 2.46. The Morgan fingerprint density at radius 3 is 1.52 bits per heavy atom. The van der Waals surface area contributed by atoms with E-state index in [4.69, 9.17) is 39.1 Å². The zero-order valence-electron chi connectivity index (χ0n) is 42.1. The Morgan fingerprint density at radius 1 is 0.603 bits per heavy atom. The molecule has 0 aliphatic carbocycles. The van der Waals surface area contributed by atoms with Gasteiger partial charge in [0.1, 0.15) is 18.3 Å². The number of nitrogens with zero attached hydrogens (tertiary/aromatic N) is 7. The molecular formula is C62H68N8O3. The number of pyridine rings is 3. The van der Waals surface area contributed by atoms with Crippen LogP contribution in [0.5, 0.6) is 17.8 Å². The fourth-order valence-corrected chi connectivity index (χ4v) is 13.8. The zero-order valence-corrected chi connectivity index (χ0v) is 42.1. The molecule has 7 aliphatic heterocycles. The van der Waals surface area contributed by atoms with E-state index in [-0.39, 0.29) is 24.1 Å². The summed E-state index contributed by atoms with van der Waals surface area (Å²) in [5, 5.41) is 7.07. The predicted molar refractivity (Wildman–Crippen MR) is 289 cm³/mol. The van der Waals surface area contributed by atoms with Gasteiger partial charge in [-0.3, -0.25) is 24.8 Å². The van der Waals surface area contributed by atoms with Gasteiger partial charge in [-0.05, 0) is 136 Å². The first-order chi connectivity index (χ1) is 36.0. The number of fused-ring (bicyclic) bond motifs is 9. The first-order valence-corrected chi connectivity index (χ1v) is 27.0. The van der Waals surface area contributed by atoms with Crippen LogP contribution in [0.3, 0.4) is 0 Å². The molecule has 7 aliphatic rings. The molecule has 7 fully saturated rings. The number of benzene rings is 3. The summed E-state index contributed by atoms with van der Waals surface area (Å²) in [4.78, 5) is 30.3. The average molecular weight is 973 g/mol. The molecule has 1 N–H and O–H groups in total. The number of rotatable bonds is 17. The van der Waals surface area contributed by atoms with E-state index in [0.717, 1.165) is 127 Å². The summed E-state index contributed by atoms with van der Waals surface area (Å²) in [6.07, 6.45) is 18.2. The van der Waals surface area contributed by atoms with E-state index in [1.807, 2.05) is 42.9 Å². The van der Waals surface area contributed by atoms with E-state index in [9.17, 15) is 0 Å². The summed E-state index contributed by atoms with van der Waals surface area (Å²) in [6.45, 7) is 19.8. The number of nitrogens with one attached hydrogen (secondary N) is 1. The molecule has 0 radical (unpaired) electrons. The fourth-order valence-electron chi connectivity index (χ4n) is 13.8. The van der Waals surface area contributed by atoms with Gasteiger partial charge >= 0.3 is 6.01 Å². The van der Waals surface area contributed by atoms with Crippen LogP contribution in [-0.4, -0.2) is 85.6 Å². The van der Waals surface area contributed by atoms with Crippen molar-refractivity contribution in [3.8, 4) is 17.8 Å². The number of ether oxygens (including phenoxy) is 3. The lowest BCUT2D eigenvalue weighted by atomic mass is 9.73. The molecule has 4 bridgehead atoms. The minimum Gasteiger partial charge on any atom is -0.467 e. The van der Waals surface area contributed by atoms with Crippen LogP contribution in [0.25, 0.3) is 32.7 Å².